The Morgan fingerprint density at radius 3 is 1.55 bits per heavy atom. The van der Waals surface area contributed by atoms with Crippen LogP contribution in [0.3, 0.4) is 0 Å². The Morgan fingerprint density at radius 1 is 0.633 bits per heavy atom. The van der Waals surface area contributed by atoms with Crippen molar-refractivity contribution in [3.63, 3.8) is 0 Å². The summed E-state index contributed by atoms with van der Waals surface area (Å²) in [5, 5.41) is 6.77. The molecule has 14 heteroatoms. The first-order chi connectivity index (χ1) is 29.3. The van der Waals surface area contributed by atoms with Crippen molar-refractivity contribution in [1.82, 2.24) is 29.9 Å². The van der Waals surface area contributed by atoms with Gasteiger partial charge in [0.05, 0.1) is 35.7 Å². The van der Waals surface area contributed by atoms with Gasteiger partial charge in [-0.05, 0) is 60.4 Å². The number of fused-ring (bicyclic) bond motifs is 2. The predicted octanol–water partition coefficient (Wildman–Crippen LogP) is 7.90. The molecule has 0 radical (unpaired) electrons. The van der Waals surface area contributed by atoms with Crippen LogP contribution in [0.2, 0.25) is 0 Å². The highest BCUT2D eigenvalue weighted by Gasteiger charge is 2.20. The van der Waals surface area contributed by atoms with E-state index in [9.17, 15) is 9.59 Å². The Labute approximate surface area is 346 Å². The van der Waals surface area contributed by atoms with Crippen LogP contribution in [0.25, 0.3) is 45.1 Å². The van der Waals surface area contributed by atoms with Gasteiger partial charge in [0, 0.05) is 53.7 Å². The molecule has 1 fully saturated rings. The fourth-order valence-electron chi connectivity index (χ4n) is 7.24. The molecule has 4 aromatic carbocycles. The van der Waals surface area contributed by atoms with Gasteiger partial charge in [-0.15, -0.1) is 0 Å². The first-order valence-corrected chi connectivity index (χ1v) is 19.9. The van der Waals surface area contributed by atoms with Crippen molar-refractivity contribution in [3.8, 4) is 22.8 Å². The molecule has 0 saturated carbocycles. The zero-order valence-electron chi connectivity index (χ0n) is 33.3. The molecule has 8 aromatic rings. The van der Waals surface area contributed by atoms with E-state index in [1.165, 1.54) is 12.4 Å². The largest absolute Gasteiger partial charge is 0.378 e. The van der Waals surface area contributed by atoms with Crippen LogP contribution in [0.5, 0.6) is 0 Å². The number of imidazole rings is 2. The van der Waals surface area contributed by atoms with Crippen molar-refractivity contribution in [2.45, 2.75) is 26.7 Å². The van der Waals surface area contributed by atoms with Crippen LogP contribution in [-0.2, 0) is 17.6 Å². The van der Waals surface area contributed by atoms with Crippen molar-refractivity contribution in [1.29, 1.82) is 0 Å². The van der Waals surface area contributed by atoms with E-state index in [0.717, 1.165) is 78.5 Å². The lowest BCUT2D eigenvalue weighted by atomic mass is 10.1. The molecule has 4 aromatic heterocycles. The van der Waals surface area contributed by atoms with Crippen molar-refractivity contribution in [3.05, 3.63) is 138 Å². The van der Waals surface area contributed by atoms with Gasteiger partial charge in [0.2, 0.25) is 0 Å². The highest BCUT2D eigenvalue weighted by Crippen LogP contribution is 2.33. The fraction of sp³-hybridized carbons (Fsp3) is 0.174. The maximum atomic E-state index is 12.2. The second kappa shape index (κ2) is 17.5. The first kappa shape index (κ1) is 39.3. The molecule has 1 aliphatic heterocycles. The van der Waals surface area contributed by atoms with Crippen LogP contribution in [0.15, 0.2) is 116 Å². The third kappa shape index (κ3) is 8.22. The molecule has 0 unspecified atom stereocenters. The van der Waals surface area contributed by atoms with Crippen molar-refractivity contribution in [2.75, 3.05) is 41.8 Å². The van der Waals surface area contributed by atoms with E-state index < -0.39 is 11.8 Å². The number of aryl methyl sites for hydroxylation is 2. The number of aromatic amines is 2. The number of H-pyrrole nitrogens is 2. The number of nitrogens with zero attached hydrogens (tertiary/aromatic N) is 5. The van der Waals surface area contributed by atoms with Gasteiger partial charge in [0.25, 0.3) is 11.8 Å². The summed E-state index contributed by atoms with van der Waals surface area (Å²) in [6.45, 7) is 7.44. The third-order valence-corrected chi connectivity index (χ3v) is 10.5. The number of rotatable bonds is 11. The molecule has 2 amide bonds. The van der Waals surface area contributed by atoms with E-state index in [1.807, 2.05) is 84.9 Å². The number of nitrogens with one attached hydrogen (secondary N) is 4. The number of ether oxygens (including phenoxy) is 1. The molecular formula is C46H45N11O3. The Kier molecular flexibility index (Phi) is 11.5. The minimum atomic E-state index is -0.549. The molecular weight excluding hydrogens is 755 g/mol. The van der Waals surface area contributed by atoms with Crippen LogP contribution in [-0.4, -0.2) is 68.0 Å². The number of nitrogens with two attached hydrogens (primary N) is 2. The second-order valence-corrected chi connectivity index (χ2v) is 14.2. The molecule has 1 aliphatic rings. The lowest BCUT2D eigenvalue weighted by Crippen LogP contribution is -2.36. The number of benzene rings is 4. The summed E-state index contributed by atoms with van der Waals surface area (Å²) in [6, 6.07) is 34.0. The number of para-hydroxylation sites is 2. The van der Waals surface area contributed by atoms with Crippen LogP contribution in [0.4, 0.5) is 28.4 Å². The van der Waals surface area contributed by atoms with Crippen molar-refractivity contribution >= 4 is 62.6 Å². The Hall–Kier alpha value is -7.58. The highest BCUT2D eigenvalue weighted by molar-refractivity contribution is 6.07. The zero-order chi connectivity index (χ0) is 41.6. The van der Waals surface area contributed by atoms with Crippen LogP contribution in [0.1, 0.15) is 45.7 Å². The molecule has 0 spiro atoms. The van der Waals surface area contributed by atoms with Crippen molar-refractivity contribution in [2.24, 2.45) is 11.5 Å². The van der Waals surface area contributed by atoms with Gasteiger partial charge < -0.3 is 41.7 Å². The van der Waals surface area contributed by atoms with Gasteiger partial charge in [-0.2, -0.15) is 0 Å². The zero-order valence-corrected chi connectivity index (χ0v) is 33.3. The number of aromatic nitrogens is 6. The molecule has 8 N–H and O–H groups in total. The number of hydrogen-bond acceptors (Lipinski definition) is 10. The standard InChI is InChI=1S/C25H26N6O2.C21H19N5O/c1-2-16-5-3-4-6-20(16)28-21-19(23(26)32)15-27-25-22(21)29-24(30-25)17-7-9-18(10-8-17)31-11-13-33-14-12-31;1-2-13-8-6-7-11-16(13)24-17-15(19(22)27)12-23-21-18(17)25-20(26-21)14-9-4-3-5-10-14/h3-10,15H,2,11-14H2,1H3,(H2,26,32)(H2,27,28,29,30);3-12H,2H2,1H3,(H2,22,27)(H2,23,24,25,26). The van der Waals surface area contributed by atoms with E-state index in [4.69, 9.17) is 16.2 Å². The molecule has 60 heavy (non-hydrogen) atoms. The molecule has 5 heterocycles. The predicted molar refractivity (Wildman–Crippen MR) is 237 cm³/mol. The number of carbonyl (C=O) groups is 2. The van der Waals surface area contributed by atoms with Gasteiger partial charge >= 0.3 is 0 Å². The number of hydrogen-bond donors (Lipinski definition) is 6. The first-order valence-electron chi connectivity index (χ1n) is 19.9. The van der Waals surface area contributed by atoms with Crippen LogP contribution >= 0.6 is 0 Å². The molecule has 0 bridgehead atoms. The highest BCUT2D eigenvalue weighted by atomic mass is 16.5. The van der Waals surface area contributed by atoms with E-state index >= 15 is 0 Å². The molecule has 14 nitrogen and oxygen atoms in total. The lowest BCUT2D eigenvalue weighted by molar-refractivity contribution is 0.0992. The summed E-state index contributed by atoms with van der Waals surface area (Å²) in [4.78, 5) is 51.1. The smallest absolute Gasteiger partial charge is 0.252 e. The number of amides is 2. The molecule has 0 aliphatic carbocycles. The summed E-state index contributed by atoms with van der Waals surface area (Å²) in [7, 11) is 0. The Morgan fingerprint density at radius 2 is 1.08 bits per heavy atom. The van der Waals surface area contributed by atoms with Gasteiger partial charge in [0.15, 0.2) is 11.3 Å². The number of carbonyl (C=O) groups excluding carboxylic acids is 2. The average molecular weight is 800 g/mol. The van der Waals surface area contributed by atoms with E-state index in [0.29, 0.717) is 56.5 Å². The maximum Gasteiger partial charge on any atom is 0.252 e. The normalized spacial score (nSPS) is 12.5. The van der Waals surface area contributed by atoms with Gasteiger partial charge in [-0.1, -0.05) is 80.6 Å². The monoisotopic (exact) mass is 799 g/mol. The number of primary amides is 2. The molecule has 302 valence electrons. The lowest BCUT2D eigenvalue weighted by Gasteiger charge is -2.28. The second-order valence-electron chi connectivity index (χ2n) is 14.2. The summed E-state index contributed by atoms with van der Waals surface area (Å²) >= 11 is 0. The van der Waals surface area contributed by atoms with Gasteiger partial charge in [-0.3, -0.25) is 9.59 Å². The minimum Gasteiger partial charge on any atom is -0.378 e. The Balaban J connectivity index is 0.000000170. The van der Waals surface area contributed by atoms with Crippen molar-refractivity contribution < 1.29 is 14.3 Å². The summed E-state index contributed by atoms with van der Waals surface area (Å²) in [6.07, 6.45) is 4.67. The number of morpholine rings is 1. The molecule has 1 saturated heterocycles. The van der Waals surface area contributed by atoms with Crippen LogP contribution in [0, 0.1) is 0 Å². The number of anilines is 5. The fourth-order valence-corrected chi connectivity index (χ4v) is 7.24. The van der Waals surface area contributed by atoms with E-state index in [2.05, 4.69) is 77.5 Å². The van der Waals surface area contributed by atoms with Gasteiger partial charge in [-0.25, -0.2) is 19.9 Å². The van der Waals surface area contributed by atoms with E-state index in [1.54, 1.807) is 0 Å². The maximum absolute atomic E-state index is 12.2. The van der Waals surface area contributed by atoms with Gasteiger partial charge in [0.1, 0.15) is 22.7 Å². The SMILES string of the molecule is CCc1ccccc1Nc1c(C(N)=O)cnc2nc(-c3ccc(N4CCOCC4)cc3)[nH]c12.CCc1ccccc1Nc1c(C(N)=O)cnc2nc(-c3ccccc3)[nH]c12. The average Bonchev–Trinajstić information content (AvgIpc) is 3.94. The quantitative estimate of drug-likeness (QED) is 0.0746. The summed E-state index contributed by atoms with van der Waals surface area (Å²) < 4.78 is 5.44. The minimum absolute atomic E-state index is 0.311. The van der Waals surface area contributed by atoms with Crippen LogP contribution < -0.4 is 27.0 Å². The Bertz CT molecular complexity index is 2790. The topological polar surface area (TPSA) is 206 Å². The number of pyridine rings is 2. The third-order valence-electron chi connectivity index (χ3n) is 10.5. The summed E-state index contributed by atoms with van der Waals surface area (Å²) in [5.74, 6) is 0.273. The molecule has 9 rings (SSSR count). The summed E-state index contributed by atoms with van der Waals surface area (Å²) in [5.41, 5.74) is 22.5. The van der Waals surface area contributed by atoms with E-state index in [-0.39, 0.29) is 0 Å². The molecule has 0 atom stereocenters.